The number of carbonyl (C=O) groups is 1. The first-order valence-corrected chi connectivity index (χ1v) is 10.3. The average molecular weight is 381 g/mol. The van der Waals surface area contributed by atoms with Crippen molar-refractivity contribution in [2.75, 3.05) is 27.2 Å². The zero-order valence-electron chi connectivity index (χ0n) is 17.3. The van der Waals surface area contributed by atoms with E-state index in [0.717, 1.165) is 42.0 Å². The second-order valence-electron chi connectivity index (χ2n) is 7.73. The number of rotatable bonds is 7. The molecule has 0 radical (unpaired) electrons. The monoisotopic (exact) mass is 380 g/mol. The van der Waals surface area contributed by atoms with E-state index in [0.29, 0.717) is 12.3 Å². The Balaban J connectivity index is 1.61. The third kappa shape index (κ3) is 4.93. The van der Waals surface area contributed by atoms with Gasteiger partial charge < -0.3 is 15.0 Å². The summed E-state index contributed by atoms with van der Waals surface area (Å²) in [4.78, 5) is 14.6. The third-order valence-corrected chi connectivity index (χ3v) is 6.01. The van der Waals surface area contributed by atoms with Crippen LogP contribution in [0.25, 0.3) is 11.1 Å². The Hall–Kier alpha value is -2.33. The minimum Gasteiger partial charge on any atom is -0.496 e. The van der Waals surface area contributed by atoms with E-state index in [9.17, 15) is 4.79 Å². The lowest BCUT2D eigenvalue weighted by Gasteiger charge is -2.27. The lowest BCUT2D eigenvalue weighted by atomic mass is 9.93. The number of nitrogens with zero attached hydrogens (tertiary/aromatic N) is 1. The van der Waals surface area contributed by atoms with Crippen LogP contribution in [0.3, 0.4) is 0 Å². The molecular formula is C24H32N2O2. The maximum absolute atomic E-state index is 12.7. The molecule has 0 spiro atoms. The molecular weight excluding hydrogens is 348 g/mol. The molecule has 0 saturated carbocycles. The van der Waals surface area contributed by atoms with Crippen LogP contribution in [0.15, 0.2) is 48.5 Å². The smallest absolute Gasteiger partial charge is 0.222 e. The lowest BCUT2D eigenvalue weighted by molar-refractivity contribution is -0.132. The first kappa shape index (κ1) is 20.4. The molecule has 4 heteroatoms. The van der Waals surface area contributed by atoms with Gasteiger partial charge in [0.2, 0.25) is 5.91 Å². The molecule has 1 heterocycles. The second kappa shape index (κ2) is 9.74. The molecule has 1 saturated heterocycles. The fraction of sp³-hybridized carbons (Fsp3) is 0.458. The Morgan fingerprint density at radius 1 is 1.14 bits per heavy atom. The first-order valence-electron chi connectivity index (χ1n) is 10.3. The van der Waals surface area contributed by atoms with E-state index in [1.54, 1.807) is 7.11 Å². The second-order valence-corrected chi connectivity index (χ2v) is 7.73. The quantitative estimate of drug-likeness (QED) is 0.759. The normalized spacial score (nSPS) is 15.8. The van der Waals surface area contributed by atoms with Crippen LogP contribution < -0.4 is 10.1 Å². The van der Waals surface area contributed by atoms with Crippen molar-refractivity contribution in [3.05, 3.63) is 54.1 Å². The Morgan fingerprint density at radius 3 is 2.50 bits per heavy atom. The zero-order valence-corrected chi connectivity index (χ0v) is 17.3. The summed E-state index contributed by atoms with van der Waals surface area (Å²) in [5.74, 6) is 1.79. The summed E-state index contributed by atoms with van der Waals surface area (Å²) in [5.41, 5.74) is 3.35. The van der Waals surface area contributed by atoms with Gasteiger partial charge in [-0.05, 0) is 62.4 Å². The topological polar surface area (TPSA) is 41.6 Å². The van der Waals surface area contributed by atoms with Gasteiger partial charge in [0.05, 0.1) is 13.2 Å². The number of nitrogens with one attached hydrogen (secondary N) is 1. The molecule has 1 aliphatic rings. The Bertz CT molecular complexity index is 766. The fourth-order valence-corrected chi connectivity index (χ4v) is 3.94. The SMILES string of the molecule is COc1ccccc1-c1ccc(C(C)N(C)C(=O)CCC2CCNCC2)cc1. The number of piperidine rings is 1. The summed E-state index contributed by atoms with van der Waals surface area (Å²) in [6.45, 7) is 4.27. The number of methoxy groups -OCH3 is 1. The summed E-state index contributed by atoms with van der Waals surface area (Å²) in [6, 6.07) is 16.5. The molecule has 1 unspecified atom stereocenters. The van der Waals surface area contributed by atoms with Gasteiger partial charge in [-0.3, -0.25) is 4.79 Å². The van der Waals surface area contributed by atoms with E-state index < -0.39 is 0 Å². The molecule has 4 nitrogen and oxygen atoms in total. The fourth-order valence-electron chi connectivity index (χ4n) is 3.94. The van der Waals surface area contributed by atoms with E-state index in [1.807, 2.05) is 30.1 Å². The van der Waals surface area contributed by atoms with Crippen LogP contribution in [0.5, 0.6) is 5.75 Å². The van der Waals surface area contributed by atoms with Gasteiger partial charge in [-0.25, -0.2) is 0 Å². The van der Waals surface area contributed by atoms with Gasteiger partial charge in [0.25, 0.3) is 0 Å². The van der Waals surface area contributed by atoms with Gasteiger partial charge >= 0.3 is 0 Å². The molecule has 3 rings (SSSR count). The van der Waals surface area contributed by atoms with Gasteiger partial charge in [0.1, 0.15) is 5.75 Å². The molecule has 1 atom stereocenters. The van der Waals surface area contributed by atoms with E-state index in [2.05, 4.69) is 42.6 Å². The number of para-hydroxylation sites is 1. The van der Waals surface area contributed by atoms with Crippen LogP contribution in [0.2, 0.25) is 0 Å². The van der Waals surface area contributed by atoms with Gasteiger partial charge in [0, 0.05) is 19.0 Å². The number of carbonyl (C=O) groups excluding carboxylic acids is 1. The number of ether oxygens (including phenoxy) is 1. The van der Waals surface area contributed by atoms with Crippen molar-refractivity contribution in [2.45, 2.75) is 38.6 Å². The van der Waals surface area contributed by atoms with E-state index >= 15 is 0 Å². The highest BCUT2D eigenvalue weighted by molar-refractivity contribution is 5.76. The summed E-state index contributed by atoms with van der Waals surface area (Å²) >= 11 is 0. The first-order chi connectivity index (χ1) is 13.6. The Kier molecular flexibility index (Phi) is 7.10. The van der Waals surface area contributed by atoms with Crippen LogP contribution in [-0.4, -0.2) is 38.1 Å². The van der Waals surface area contributed by atoms with Crippen molar-refractivity contribution in [1.29, 1.82) is 0 Å². The number of amides is 1. The largest absolute Gasteiger partial charge is 0.496 e. The van der Waals surface area contributed by atoms with Crippen molar-refractivity contribution in [3.8, 4) is 16.9 Å². The van der Waals surface area contributed by atoms with Crippen LogP contribution in [0, 0.1) is 5.92 Å². The van der Waals surface area contributed by atoms with Crippen LogP contribution in [0.1, 0.15) is 44.2 Å². The summed E-state index contributed by atoms with van der Waals surface area (Å²) in [5, 5.41) is 3.39. The molecule has 2 aromatic rings. The zero-order chi connectivity index (χ0) is 19.9. The lowest BCUT2D eigenvalue weighted by Crippen LogP contribution is -2.31. The van der Waals surface area contributed by atoms with Crippen molar-refractivity contribution in [3.63, 3.8) is 0 Å². The van der Waals surface area contributed by atoms with Gasteiger partial charge in [-0.2, -0.15) is 0 Å². The van der Waals surface area contributed by atoms with Crippen molar-refractivity contribution in [2.24, 2.45) is 5.92 Å². The summed E-state index contributed by atoms with van der Waals surface area (Å²) < 4.78 is 5.47. The molecule has 2 aromatic carbocycles. The molecule has 1 aliphatic heterocycles. The maximum atomic E-state index is 12.7. The van der Waals surface area contributed by atoms with Crippen LogP contribution >= 0.6 is 0 Å². The number of hydrogen-bond acceptors (Lipinski definition) is 3. The third-order valence-electron chi connectivity index (χ3n) is 6.01. The number of benzene rings is 2. The maximum Gasteiger partial charge on any atom is 0.222 e. The summed E-state index contributed by atoms with van der Waals surface area (Å²) in [6.07, 6.45) is 4.03. The number of hydrogen-bond donors (Lipinski definition) is 1. The van der Waals surface area contributed by atoms with Crippen LogP contribution in [0.4, 0.5) is 0 Å². The minimum absolute atomic E-state index is 0.0623. The molecule has 150 valence electrons. The van der Waals surface area contributed by atoms with E-state index in [1.165, 1.54) is 12.8 Å². The Morgan fingerprint density at radius 2 is 1.82 bits per heavy atom. The highest BCUT2D eigenvalue weighted by Crippen LogP contribution is 2.31. The highest BCUT2D eigenvalue weighted by atomic mass is 16.5. The van der Waals surface area contributed by atoms with Crippen LogP contribution in [-0.2, 0) is 4.79 Å². The van der Waals surface area contributed by atoms with Gasteiger partial charge in [-0.1, -0.05) is 42.5 Å². The molecule has 0 bridgehead atoms. The molecule has 1 fully saturated rings. The Labute approximate surface area is 168 Å². The standard InChI is InChI=1S/C24H32N2O2/c1-18(26(2)24(27)13-8-19-14-16-25-17-15-19)20-9-11-21(12-10-20)22-6-4-5-7-23(22)28-3/h4-7,9-12,18-19,25H,8,13-17H2,1-3H3. The van der Waals surface area contributed by atoms with Gasteiger partial charge in [0.15, 0.2) is 0 Å². The highest BCUT2D eigenvalue weighted by Gasteiger charge is 2.20. The van der Waals surface area contributed by atoms with Crippen molar-refractivity contribution < 1.29 is 9.53 Å². The molecule has 0 aliphatic carbocycles. The predicted octanol–water partition coefficient (Wildman–Crippen LogP) is 4.66. The summed E-state index contributed by atoms with van der Waals surface area (Å²) in [7, 11) is 3.61. The van der Waals surface area contributed by atoms with E-state index in [-0.39, 0.29) is 11.9 Å². The predicted molar refractivity (Wildman–Crippen MR) is 114 cm³/mol. The van der Waals surface area contributed by atoms with Crippen molar-refractivity contribution >= 4 is 5.91 Å². The molecule has 1 amide bonds. The minimum atomic E-state index is 0.0623. The molecule has 28 heavy (non-hydrogen) atoms. The molecule has 0 aromatic heterocycles. The van der Waals surface area contributed by atoms with Crippen molar-refractivity contribution in [1.82, 2.24) is 10.2 Å². The van der Waals surface area contributed by atoms with Gasteiger partial charge in [-0.15, -0.1) is 0 Å². The average Bonchev–Trinajstić information content (AvgIpc) is 2.77. The molecule has 1 N–H and O–H groups in total. The van der Waals surface area contributed by atoms with E-state index in [4.69, 9.17) is 4.74 Å².